The fourth-order valence-corrected chi connectivity index (χ4v) is 1.25. The van der Waals surface area contributed by atoms with E-state index >= 15 is 0 Å². The van der Waals surface area contributed by atoms with Gasteiger partial charge in [0.1, 0.15) is 0 Å². The molecule has 1 aromatic heterocycles. The van der Waals surface area contributed by atoms with Crippen molar-refractivity contribution in [3.8, 4) is 0 Å². The van der Waals surface area contributed by atoms with Gasteiger partial charge in [0.05, 0.1) is 5.02 Å². The van der Waals surface area contributed by atoms with E-state index in [0.29, 0.717) is 15.5 Å². The first-order chi connectivity index (χ1) is 3.72. The minimum Gasteiger partial charge on any atom is -0.147 e. The molecule has 1 heterocycles. The maximum Gasteiger partial charge on any atom is 0.0551 e. The zero-order chi connectivity index (χ0) is 6.15. The molecule has 0 atom stereocenters. The molecule has 0 nitrogen and oxygen atoms in total. The number of rotatable bonds is 0. The maximum atomic E-state index is 5.53. The highest BCUT2D eigenvalue weighted by Crippen LogP contribution is 2.24. The van der Waals surface area contributed by atoms with Crippen LogP contribution in [0.3, 0.4) is 0 Å². The third kappa shape index (κ3) is 0.884. The molecule has 0 unspecified atom stereocenters. The van der Waals surface area contributed by atoms with E-state index in [0.717, 1.165) is 0 Å². The topological polar surface area (TPSA) is 0 Å². The molecule has 8 heavy (non-hydrogen) atoms. The van der Waals surface area contributed by atoms with Crippen molar-refractivity contribution >= 4 is 22.9 Å². The average Bonchev–Trinajstić information content (AvgIpc) is 1.98. The first kappa shape index (κ1) is 6.12. The van der Waals surface area contributed by atoms with Crippen molar-refractivity contribution in [2.45, 2.75) is 0 Å². The minimum absolute atomic E-state index is 0.497. The molecule has 4 radical (unpaired) electrons. The molecule has 0 aliphatic rings. The summed E-state index contributed by atoms with van der Waals surface area (Å²) in [5.41, 5.74) is 0.497. The first-order valence-corrected chi connectivity index (χ1v) is 3.25. The lowest BCUT2D eigenvalue weighted by molar-refractivity contribution is 1.71. The predicted molar refractivity (Wildman–Crippen MR) is 36.1 cm³/mol. The molecule has 0 aliphatic carbocycles. The summed E-state index contributed by atoms with van der Waals surface area (Å²) in [6, 6.07) is 0. The quantitative estimate of drug-likeness (QED) is 0.522. The van der Waals surface area contributed by atoms with Crippen LogP contribution >= 0.6 is 22.9 Å². The zero-order valence-electron chi connectivity index (χ0n) is 4.02. The van der Waals surface area contributed by atoms with E-state index in [4.69, 9.17) is 25.4 Å². The molecule has 0 aliphatic heterocycles. The zero-order valence-corrected chi connectivity index (χ0v) is 5.59. The van der Waals surface area contributed by atoms with Gasteiger partial charge in [-0.25, -0.2) is 0 Å². The van der Waals surface area contributed by atoms with Crippen LogP contribution in [0.1, 0.15) is 10.4 Å². The predicted octanol–water partition coefficient (Wildman–Crippen LogP) is 2.52. The summed E-state index contributed by atoms with van der Waals surface area (Å²) in [7, 11) is 0. The summed E-state index contributed by atoms with van der Waals surface area (Å²) < 4.78 is 0. The fourth-order valence-electron chi connectivity index (χ4n) is 0.360. The fraction of sp³-hybridized carbons (Fsp3) is 0. The van der Waals surface area contributed by atoms with Crippen molar-refractivity contribution in [1.29, 1.82) is 0 Å². The van der Waals surface area contributed by atoms with Crippen LogP contribution in [-0.4, -0.2) is 0 Å². The Morgan fingerprint density at radius 2 is 2.12 bits per heavy atom. The SMILES string of the molecule is [CH]c1scc(Cl)c1[CH]. The highest BCUT2D eigenvalue weighted by atomic mass is 35.5. The molecule has 2 heteroatoms. The van der Waals surface area contributed by atoms with Crippen LogP contribution in [0, 0.1) is 13.8 Å². The summed E-state index contributed by atoms with van der Waals surface area (Å²) in [5.74, 6) is 0. The summed E-state index contributed by atoms with van der Waals surface area (Å²) in [4.78, 5) is 0.593. The molecule has 0 saturated heterocycles. The average molecular weight is 143 g/mol. The largest absolute Gasteiger partial charge is 0.147 e. The van der Waals surface area contributed by atoms with Gasteiger partial charge in [0.25, 0.3) is 0 Å². The smallest absolute Gasteiger partial charge is 0.0551 e. The number of halogens is 1. The summed E-state index contributed by atoms with van der Waals surface area (Å²) in [6.45, 7) is 10.7. The second kappa shape index (κ2) is 2.08. The highest BCUT2D eigenvalue weighted by molar-refractivity contribution is 7.10. The molecular weight excluding hydrogens is 140 g/mol. The van der Waals surface area contributed by atoms with Gasteiger partial charge < -0.3 is 0 Å². The Kier molecular flexibility index (Phi) is 1.59. The van der Waals surface area contributed by atoms with Gasteiger partial charge in [0, 0.05) is 24.1 Å². The second-order valence-corrected chi connectivity index (χ2v) is 2.68. The Bertz CT molecular complexity index is 171. The summed E-state index contributed by atoms with van der Waals surface area (Å²) in [6.07, 6.45) is 0. The molecule has 0 N–H and O–H groups in total. The monoisotopic (exact) mass is 142 g/mol. The van der Waals surface area contributed by atoms with Gasteiger partial charge in [0.2, 0.25) is 0 Å². The van der Waals surface area contributed by atoms with Gasteiger partial charge in [-0.1, -0.05) is 11.6 Å². The maximum absolute atomic E-state index is 5.53. The van der Waals surface area contributed by atoms with Crippen LogP contribution < -0.4 is 0 Å². The normalized spacial score (nSPS) is 9.88. The molecule has 0 fully saturated rings. The second-order valence-electron chi connectivity index (χ2n) is 1.36. The third-order valence-corrected chi connectivity index (χ3v) is 2.08. The van der Waals surface area contributed by atoms with Gasteiger partial charge >= 0.3 is 0 Å². The minimum atomic E-state index is 0.497. The molecule has 0 saturated carbocycles. The van der Waals surface area contributed by atoms with Crippen molar-refractivity contribution in [2.24, 2.45) is 0 Å². The first-order valence-electron chi connectivity index (χ1n) is 1.99. The van der Waals surface area contributed by atoms with Gasteiger partial charge in [-0.05, 0) is 5.56 Å². The molecular formula is C6H3ClS. The van der Waals surface area contributed by atoms with E-state index in [1.807, 2.05) is 0 Å². The molecule has 0 aromatic carbocycles. The van der Waals surface area contributed by atoms with E-state index in [1.165, 1.54) is 11.3 Å². The number of hydrogen-bond acceptors (Lipinski definition) is 1. The number of thiophene rings is 1. The van der Waals surface area contributed by atoms with Crippen molar-refractivity contribution in [3.05, 3.63) is 34.7 Å². The Labute approximate surface area is 58.1 Å². The van der Waals surface area contributed by atoms with Crippen molar-refractivity contribution in [3.63, 3.8) is 0 Å². The van der Waals surface area contributed by atoms with Gasteiger partial charge in [-0.2, -0.15) is 0 Å². The molecule has 0 bridgehead atoms. The Morgan fingerprint density at radius 3 is 2.25 bits per heavy atom. The van der Waals surface area contributed by atoms with E-state index in [-0.39, 0.29) is 0 Å². The van der Waals surface area contributed by atoms with Crippen LogP contribution in [-0.2, 0) is 0 Å². The molecule has 0 spiro atoms. The van der Waals surface area contributed by atoms with Crippen LogP contribution in [0.25, 0.3) is 0 Å². The van der Waals surface area contributed by atoms with E-state index in [1.54, 1.807) is 5.38 Å². The third-order valence-electron chi connectivity index (χ3n) is 0.812. The molecule has 1 aromatic rings. The standard InChI is InChI=1S/C6H3ClS/c1-4-5(2)8-3-6(4)7/h1-3H. The Balaban J connectivity index is 3.19. The van der Waals surface area contributed by atoms with Crippen molar-refractivity contribution < 1.29 is 0 Å². The van der Waals surface area contributed by atoms with Gasteiger partial charge in [0.15, 0.2) is 0 Å². The van der Waals surface area contributed by atoms with Crippen LogP contribution in [0.15, 0.2) is 5.38 Å². The molecule has 0 amide bonds. The lowest BCUT2D eigenvalue weighted by Crippen LogP contribution is -1.65. The van der Waals surface area contributed by atoms with Crippen LogP contribution in [0.4, 0.5) is 0 Å². The van der Waals surface area contributed by atoms with Crippen LogP contribution in [0.2, 0.25) is 5.02 Å². The summed E-state index contributed by atoms with van der Waals surface area (Å²) in [5, 5.41) is 2.26. The Hall–Kier alpha value is -0.0100. The molecule has 1 rings (SSSR count). The molecule has 40 valence electrons. The van der Waals surface area contributed by atoms with Gasteiger partial charge in [-0.15, -0.1) is 11.3 Å². The lowest BCUT2D eigenvalue weighted by atomic mass is 10.3. The Morgan fingerprint density at radius 1 is 1.50 bits per heavy atom. The van der Waals surface area contributed by atoms with Gasteiger partial charge in [-0.3, -0.25) is 0 Å². The summed E-state index contributed by atoms with van der Waals surface area (Å²) >= 11 is 6.89. The van der Waals surface area contributed by atoms with Crippen molar-refractivity contribution in [1.82, 2.24) is 0 Å². The highest BCUT2D eigenvalue weighted by Gasteiger charge is 1.98. The van der Waals surface area contributed by atoms with Crippen molar-refractivity contribution in [2.75, 3.05) is 0 Å². The number of hydrogen-bond donors (Lipinski definition) is 0. The van der Waals surface area contributed by atoms with E-state index < -0.39 is 0 Å². The van der Waals surface area contributed by atoms with Crippen LogP contribution in [0.5, 0.6) is 0 Å². The lowest BCUT2D eigenvalue weighted by Gasteiger charge is -1.83. The van der Waals surface area contributed by atoms with E-state index in [2.05, 4.69) is 0 Å². The van der Waals surface area contributed by atoms with E-state index in [9.17, 15) is 0 Å².